The fraction of sp³-hybridized carbons (Fsp3) is 0.125. The molecule has 0 amide bonds. The lowest BCUT2D eigenvalue weighted by Gasteiger charge is -2.09. The van der Waals surface area contributed by atoms with Crippen molar-refractivity contribution in [1.82, 2.24) is 0 Å². The molecular formula is C8H8BFO4. The minimum atomic E-state index is -1.97. The molecule has 2 N–H and O–H groups in total. The van der Waals surface area contributed by atoms with Crippen LogP contribution in [0.2, 0.25) is 0 Å². The Labute approximate surface area is 80.1 Å². The SMILES string of the molecule is COc1cc(C=O)cc(F)c1B(O)O. The average Bonchev–Trinajstić information content (AvgIpc) is 2.15. The van der Waals surface area contributed by atoms with E-state index < -0.39 is 12.9 Å². The van der Waals surface area contributed by atoms with Crippen LogP contribution in [0, 0.1) is 5.82 Å². The summed E-state index contributed by atoms with van der Waals surface area (Å²) in [7, 11) is -0.722. The highest BCUT2D eigenvalue weighted by Gasteiger charge is 2.22. The Balaban J connectivity index is 3.34. The molecule has 0 aliphatic heterocycles. The molecule has 0 aliphatic rings. The molecule has 0 fully saturated rings. The van der Waals surface area contributed by atoms with Crippen molar-refractivity contribution in [2.75, 3.05) is 7.11 Å². The van der Waals surface area contributed by atoms with Gasteiger partial charge in [-0.3, -0.25) is 4.79 Å². The van der Waals surface area contributed by atoms with Gasteiger partial charge in [-0.05, 0) is 12.1 Å². The Morgan fingerprint density at radius 3 is 2.57 bits per heavy atom. The Morgan fingerprint density at radius 2 is 2.14 bits per heavy atom. The first kappa shape index (κ1) is 10.7. The number of halogens is 1. The number of carbonyl (C=O) groups excluding carboxylic acids is 1. The second-order valence-corrected chi connectivity index (χ2v) is 2.61. The van der Waals surface area contributed by atoms with Crippen LogP contribution in [0.25, 0.3) is 0 Å². The molecule has 0 spiro atoms. The van der Waals surface area contributed by atoms with Gasteiger partial charge in [-0.2, -0.15) is 0 Å². The van der Waals surface area contributed by atoms with E-state index >= 15 is 0 Å². The zero-order chi connectivity index (χ0) is 10.7. The highest BCUT2D eigenvalue weighted by Crippen LogP contribution is 2.12. The van der Waals surface area contributed by atoms with Crippen molar-refractivity contribution in [3.8, 4) is 5.75 Å². The third kappa shape index (κ3) is 1.91. The third-order valence-corrected chi connectivity index (χ3v) is 1.73. The van der Waals surface area contributed by atoms with Crippen LogP contribution in [0.4, 0.5) is 4.39 Å². The maximum absolute atomic E-state index is 13.2. The van der Waals surface area contributed by atoms with Crippen molar-refractivity contribution >= 4 is 18.9 Å². The smallest absolute Gasteiger partial charge is 0.495 e. The zero-order valence-electron chi connectivity index (χ0n) is 7.40. The highest BCUT2D eigenvalue weighted by molar-refractivity contribution is 6.59. The van der Waals surface area contributed by atoms with Crippen molar-refractivity contribution < 1.29 is 24.0 Å². The highest BCUT2D eigenvalue weighted by atomic mass is 19.1. The molecule has 0 saturated carbocycles. The van der Waals surface area contributed by atoms with Crippen molar-refractivity contribution in [3.63, 3.8) is 0 Å². The van der Waals surface area contributed by atoms with E-state index in [0.717, 1.165) is 6.07 Å². The molecule has 14 heavy (non-hydrogen) atoms. The number of benzene rings is 1. The van der Waals surface area contributed by atoms with Gasteiger partial charge >= 0.3 is 7.12 Å². The second kappa shape index (κ2) is 4.21. The topological polar surface area (TPSA) is 66.8 Å². The van der Waals surface area contributed by atoms with E-state index in [1.807, 2.05) is 0 Å². The summed E-state index contributed by atoms with van der Waals surface area (Å²) in [4.78, 5) is 10.4. The fourth-order valence-electron chi connectivity index (χ4n) is 1.10. The largest absolute Gasteiger partial charge is 0.497 e. The number of rotatable bonds is 3. The van der Waals surface area contributed by atoms with E-state index in [0.29, 0.717) is 6.29 Å². The molecule has 6 heteroatoms. The van der Waals surface area contributed by atoms with Crippen LogP contribution in [0.1, 0.15) is 10.4 Å². The third-order valence-electron chi connectivity index (χ3n) is 1.73. The molecular weight excluding hydrogens is 190 g/mol. The second-order valence-electron chi connectivity index (χ2n) is 2.61. The summed E-state index contributed by atoms with van der Waals surface area (Å²) >= 11 is 0. The molecule has 1 aromatic carbocycles. The van der Waals surface area contributed by atoms with E-state index in [4.69, 9.17) is 14.8 Å². The summed E-state index contributed by atoms with van der Waals surface area (Å²) in [6.07, 6.45) is 0.444. The van der Waals surface area contributed by atoms with Gasteiger partial charge < -0.3 is 14.8 Å². The molecule has 0 atom stereocenters. The summed E-state index contributed by atoms with van der Waals surface area (Å²) in [5.41, 5.74) is -0.304. The van der Waals surface area contributed by atoms with Crippen LogP contribution in [0.5, 0.6) is 5.75 Å². The van der Waals surface area contributed by atoms with E-state index in [9.17, 15) is 9.18 Å². The molecule has 74 valence electrons. The maximum atomic E-state index is 13.2. The zero-order valence-corrected chi connectivity index (χ0v) is 7.40. The van der Waals surface area contributed by atoms with E-state index in [1.54, 1.807) is 0 Å². The maximum Gasteiger partial charge on any atom is 0.495 e. The minimum absolute atomic E-state index is 0.0675. The predicted molar refractivity (Wildman–Crippen MR) is 48.2 cm³/mol. The number of methoxy groups -OCH3 is 1. The van der Waals surface area contributed by atoms with Crippen molar-refractivity contribution in [1.29, 1.82) is 0 Å². The standard InChI is InChI=1S/C8H8BFO4/c1-14-7-3-5(4-11)2-6(10)8(7)9(12)13/h2-4,12-13H,1H3. The van der Waals surface area contributed by atoms with E-state index in [-0.39, 0.29) is 16.8 Å². The number of hydrogen-bond donors (Lipinski definition) is 2. The van der Waals surface area contributed by atoms with Gasteiger partial charge in [0.1, 0.15) is 17.9 Å². The molecule has 0 unspecified atom stereocenters. The molecule has 1 aromatic rings. The quantitative estimate of drug-likeness (QED) is 0.499. The molecule has 1 rings (SSSR count). The first-order valence-corrected chi connectivity index (χ1v) is 3.79. The predicted octanol–water partition coefficient (Wildman–Crippen LogP) is -0.673. The van der Waals surface area contributed by atoms with Crippen LogP contribution >= 0.6 is 0 Å². The summed E-state index contributed by atoms with van der Waals surface area (Å²) in [5, 5.41) is 17.7. The van der Waals surface area contributed by atoms with Crippen molar-refractivity contribution in [3.05, 3.63) is 23.5 Å². The lowest BCUT2D eigenvalue weighted by Crippen LogP contribution is -2.34. The summed E-state index contributed by atoms with van der Waals surface area (Å²) < 4.78 is 17.9. The van der Waals surface area contributed by atoms with Gasteiger partial charge in [0.15, 0.2) is 0 Å². The summed E-state index contributed by atoms with van der Waals surface area (Å²) in [6.45, 7) is 0. The van der Waals surface area contributed by atoms with Gasteiger partial charge in [-0.1, -0.05) is 0 Å². The fourth-order valence-corrected chi connectivity index (χ4v) is 1.10. The van der Waals surface area contributed by atoms with Crippen LogP contribution in [-0.4, -0.2) is 30.6 Å². The van der Waals surface area contributed by atoms with Gasteiger partial charge in [-0.15, -0.1) is 0 Å². The minimum Gasteiger partial charge on any atom is -0.497 e. The molecule has 0 heterocycles. The van der Waals surface area contributed by atoms with E-state index in [2.05, 4.69) is 0 Å². The number of hydrogen-bond acceptors (Lipinski definition) is 4. The molecule has 0 aromatic heterocycles. The van der Waals surface area contributed by atoms with Gasteiger partial charge in [-0.25, -0.2) is 4.39 Å². The Morgan fingerprint density at radius 1 is 1.50 bits per heavy atom. The Hall–Kier alpha value is -1.40. The normalized spacial score (nSPS) is 9.71. The van der Waals surface area contributed by atoms with Gasteiger partial charge in [0.2, 0.25) is 0 Å². The van der Waals surface area contributed by atoms with Crippen LogP contribution in [0.15, 0.2) is 12.1 Å². The molecule has 0 aliphatic carbocycles. The van der Waals surface area contributed by atoms with Gasteiger partial charge in [0.25, 0.3) is 0 Å². The molecule has 0 bridgehead atoms. The number of carbonyl (C=O) groups is 1. The molecule has 4 nitrogen and oxygen atoms in total. The van der Waals surface area contributed by atoms with E-state index in [1.165, 1.54) is 13.2 Å². The summed E-state index contributed by atoms with van der Waals surface area (Å²) in [5.74, 6) is -0.955. The van der Waals surface area contributed by atoms with Crippen molar-refractivity contribution in [2.24, 2.45) is 0 Å². The monoisotopic (exact) mass is 198 g/mol. The lowest BCUT2D eigenvalue weighted by molar-refractivity contribution is 0.112. The number of aldehydes is 1. The Kier molecular flexibility index (Phi) is 3.21. The molecule has 0 saturated heterocycles. The van der Waals surface area contributed by atoms with Crippen LogP contribution in [-0.2, 0) is 0 Å². The van der Waals surface area contributed by atoms with Gasteiger partial charge in [0, 0.05) is 5.56 Å². The van der Waals surface area contributed by atoms with Crippen LogP contribution < -0.4 is 10.2 Å². The number of ether oxygens (including phenoxy) is 1. The molecule has 0 radical (unpaired) electrons. The first-order chi connectivity index (χ1) is 6.60. The lowest BCUT2D eigenvalue weighted by atomic mass is 9.78. The Bertz CT molecular complexity index is 353. The average molecular weight is 198 g/mol. The summed E-state index contributed by atoms with van der Waals surface area (Å²) in [6, 6.07) is 2.13. The first-order valence-electron chi connectivity index (χ1n) is 3.79. The van der Waals surface area contributed by atoms with Gasteiger partial charge in [0.05, 0.1) is 12.6 Å². The van der Waals surface area contributed by atoms with Crippen molar-refractivity contribution in [2.45, 2.75) is 0 Å². The van der Waals surface area contributed by atoms with Crippen LogP contribution in [0.3, 0.4) is 0 Å².